The Bertz CT molecular complexity index is 356. The fourth-order valence-corrected chi connectivity index (χ4v) is 3.59. The first-order chi connectivity index (χ1) is 7.77. The highest BCUT2D eigenvalue weighted by atomic mass is 14.7. The van der Waals surface area contributed by atoms with E-state index >= 15 is 0 Å². The van der Waals surface area contributed by atoms with E-state index in [4.69, 9.17) is 5.73 Å². The van der Waals surface area contributed by atoms with Crippen LogP contribution in [-0.2, 0) is 0 Å². The fourth-order valence-electron chi connectivity index (χ4n) is 3.59. The Morgan fingerprint density at radius 1 is 1.06 bits per heavy atom. The quantitative estimate of drug-likeness (QED) is 0.803. The molecule has 0 heterocycles. The number of fused-ring (bicyclic) bond motifs is 1. The van der Waals surface area contributed by atoms with Crippen LogP contribution in [0.1, 0.15) is 42.9 Å². The number of aryl methyl sites for hydroxylation is 1. The van der Waals surface area contributed by atoms with Crippen LogP contribution in [-0.4, -0.2) is 0 Å². The minimum absolute atomic E-state index is 0.286. The zero-order valence-electron chi connectivity index (χ0n) is 10.0. The molecule has 2 saturated carbocycles. The van der Waals surface area contributed by atoms with Crippen LogP contribution in [0, 0.1) is 24.7 Å². The van der Waals surface area contributed by atoms with Crippen LogP contribution in [0.2, 0.25) is 0 Å². The van der Waals surface area contributed by atoms with Gasteiger partial charge in [-0.2, -0.15) is 0 Å². The van der Waals surface area contributed by atoms with Gasteiger partial charge in [-0.05, 0) is 43.1 Å². The Labute approximate surface area is 98.0 Å². The fraction of sp³-hybridized carbons (Fsp3) is 0.600. The smallest absolute Gasteiger partial charge is 0.0329 e. The van der Waals surface area contributed by atoms with Crippen molar-refractivity contribution in [3.63, 3.8) is 0 Å². The van der Waals surface area contributed by atoms with Crippen LogP contribution >= 0.6 is 0 Å². The van der Waals surface area contributed by atoms with E-state index in [1.165, 1.54) is 36.8 Å². The maximum atomic E-state index is 6.41. The first-order valence-electron chi connectivity index (χ1n) is 6.59. The molecule has 2 aliphatic carbocycles. The van der Waals surface area contributed by atoms with Crippen LogP contribution in [0.25, 0.3) is 0 Å². The van der Waals surface area contributed by atoms with Gasteiger partial charge in [-0.25, -0.2) is 0 Å². The van der Waals surface area contributed by atoms with Crippen molar-refractivity contribution in [2.45, 2.75) is 38.6 Å². The van der Waals surface area contributed by atoms with Crippen molar-refractivity contribution in [3.05, 3.63) is 35.4 Å². The normalized spacial score (nSPS) is 34.2. The Balaban J connectivity index is 1.74. The largest absolute Gasteiger partial charge is 0.324 e. The zero-order chi connectivity index (χ0) is 11.1. The molecule has 2 fully saturated rings. The first kappa shape index (κ1) is 10.3. The van der Waals surface area contributed by atoms with E-state index in [1.807, 2.05) is 0 Å². The highest BCUT2D eigenvalue weighted by Crippen LogP contribution is 2.59. The average Bonchev–Trinajstić information content (AvgIpc) is 3.03. The molecule has 0 amide bonds. The molecule has 2 aliphatic rings. The van der Waals surface area contributed by atoms with Crippen LogP contribution in [0.5, 0.6) is 0 Å². The van der Waals surface area contributed by atoms with E-state index in [1.54, 1.807) is 0 Å². The predicted molar refractivity (Wildman–Crippen MR) is 67.0 cm³/mol. The molecule has 0 aromatic heterocycles. The number of hydrogen-bond donors (Lipinski definition) is 1. The number of nitrogens with two attached hydrogens (primary N) is 1. The van der Waals surface area contributed by atoms with Crippen molar-refractivity contribution in [1.82, 2.24) is 0 Å². The molecule has 3 unspecified atom stereocenters. The summed E-state index contributed by atoms with van der Waals surface area (Å²) in [4.78, 5) is 0. The van der Waals surface area contributed by atoms with Crippen LogP contribution in [0.4, 0.5) is 0 Å². The predicted octanol–water partition coefficient (Wildman–Crippen LogP) is 3.43. The molecule has 1 nitrogen and oxygen atoms in total. The van der Waals surface area contributed by atoms with Gasteiger partial charge in [0.1, 0.15) is 0 Å². The standard InChI is InChI=1S/C15H21N/c1-10-6-8-11(9-7-10)15(16)14-12-4-2-3-5-13(12)14/h6-9,12-15H,2-5,16H2,1H3. The Morgan fingerprint density at radius 3 is 2.19 bits per heavy atom. The summed E-state index contributed by atoms with van der Waals surface area (Å²) < 4.78 is 0. The van der Waals surface area contributed by atoms with Gasteiger partial charge in [-0.1, -0.05) is 42.7 Å². The summed E-state index contributed by atoms with van der Waals surface area (Å²) in [5.41, 5.74) is 9.07. The molecule has 86 valence electrons. The number of benzene rings is 1. The Kier molecular flexibility index (Phi) is 2.51. The number of rotatable bonds is 2. The van der Waals surface area contributed by atoms with Gasteiger partial charge in [-0.15, -0.1) is 0 Å². The van der Waals surface area contributed by atoms with E-state index in [0.717, 1.165) is 17.8 Å². The third-order valence-corrected chi connectivity index (χ3v) is 4.60. The summed E-state index contributed by atoms with van der Waals surface area (Å²) in [7, 11) is 0. The lowest BCUT2D eigenvalue weighted by Gasteiger charge is -2.12. The third kappa shape index (κ3) is 1.67. The molecular weight excluding hydrogens is 194 g/mol. The van der Waals surface area contributed by atoms with Gasteiger partial charge in [0.05, 0.1) is 0 Å². The summed E-state index contributed by atoms with van der Waals surface area (Å²) in [5.74, 6) is 2.68. The topological polar surface area (TPSA) is 26.0 Å². The van der Waals surface area contributed by atoms with Gasteiger partial charge in [0, 0.05) is 6.04 Å². The summed E-state index contributed by atoms with van der Waals surface area (Å²) in [6.45, 7) is 2.13. The van der Waals surface area contributed by atoms with Crippen LogP contribution < -0.4 is 5.73 Å². The van der Waals surface area contributed by atoms with Gasteiger partial charge in [0.15, 0.2) is 0 Å². The molecule has 1 aromatic carbocycles. The van der Waals surface area contributed by atoms with Crippen molar-refractivity contribution in [2.75, 3.05) is 0 Å². The van der Waals surface area contributed by atoms with E-state index in [-0.39, 0.29) is 6.04 Å². The molecule has 0 aliphatic heterocycles. The van der Waals surface area contributed by atoms with Crippen LogP contribution in [0.15, 0.2) is 24.3 Å². The molecule has 0 saturated heterocycles. The minimum atomic E-state index is 0.286. The van der Waals surface area contributed by atoms with Gasteiger partial charge in [-0.3, -0.25) is 0 Å². The molecular formula is C15H21N. The van der Waals surface area contributed by atoms with Gasteiger partial charge >= 0.3 is 0 Å². The van der Waals surface area contributed by atoms with Gasteiger partial charge in [0.2, 0.25) is 0 Å². The maximum absolute atomic E-state index is 6.41. The second kappa shape index (κ2) is 3.89. The second-order valence-corrected chi connectivity index (χ2v) is 5.63. The van der Waals surface area contributed by atoms with Crippen LogP contribution in [0.3, 0.4) is 0 Å². The summed E-state index contributed by atoms with van der Waals surface area (Å²) in [6.07, 6.45) is 5.71. The molecule has 16 heavy (non-hydrogen) atoms. The van der Waals surface area contributed by atoms with E-state index in [0.29, 0.717) is 0 Å². The molecule has 3 rings (SSSR count). The molecule has 1 heteroatoms. The number of hydrogen-bond acceptors (Lipinski definition) is 1. The van der Waals surface area contributed by atoms with Crippen molar-refractivity contribution < 1.29 is 0 Å². The SMILES string of the molecule is Cc1ccc(C(N)C2C3CCCCC32)cc1. The monoisotopic (exact) mass is 215 g/mol. The molecule has 2 N–H and O–H groups in total. The van der Waals surface area contributed by atoms with Crippen molar-refractivity contribution in [1.29, 1.82) is 0 Å². The highest BCUT2D eigenvalue weighted by Gasteiger charge is 2.53. The van der Waals surface area contributed by atoms with Gasteiger partial charge < -0.3 is 5.73 Å². The minimum Gasteiger partial charge on any atom is -0.324 e. The molecule has 0 bridgehead atoms. The summed E-state index contributed by atoms with van der Waals surface area (Å²) >= 11 is 0. The Hall–Kier alpha value is -0.820. The summed E-state index contributed by atoms with van der Waals surface area (Å²) in [5, 5.41) is 0. The third-order valence-electron chi connectivity index (χ3n) is 4.60. The lowest BCUT2D eigenvalue weighted by molar-refractivity contribution is 0.480. The lowest BCUT2D eigenvalue weighted by Crippen LogP contribution is -2.14. The van der Waals surface area contributed by atoms with Gasteiger partial charge in [0.25, 0.3) is 0 Å². The van der Waals surface area contributed by atoms with E-state index in [9.17, 15) is 0 Å². The second-order valence-electron chi connectivity index (χ2n) is 5.63. The van der Waals surface area contributed by atoms with Crippen molar-refractivity contribution >= 4 is 0 Å². The molecule has 0 radical (unpaired) electrons. The van der Waals surface area contributed by atoms with Crippen molar-refractivity contribution in [2.24, 2.45) is 23.5 Å². The average molecular weight is 215 g/mol. The molecule has 3 atom stereocenters. The summed E-state index contributed by atoms with van der Waals surface area (Å²) in [6, 6.07) is 9.07. The molecule has 1 aromatic rings. The van der Waals surface area contributed by atoms with E-state index in [2.05, 4.69) is 31.2 Å². The zero-order valence-corrected chi connectivity index (χ0v) is 10.0. The first-order valence-corrected chi connectivity index (χ1v) is 6.59. The molecule has 0 spiro atoms. The maximum Gasteiger partial charge on any atom is 0.0329 e. The van der Waals surface area contributed by atoms with E-state index < -0.39 is 0 Å². The Morgan fingerprint density at radius 2 is 1.62 bits per heavy atom. The van der Waals surface area contributed by atoms with Crippen molar-refractivity contribution in [3.8, 4) is 0 Å². The highest BCUT2D eigenvalue weighted by molar-refractivity contribution is 5.26. The lowest BCUT2D eigenvalue weighted by atomic mass is 10.00.